The number of rotatable bonds is 9. The summed E-state index contributed by atoms with van der Waals surface area (Å²) in [7, 11) is -3.65. The standard InChI is InChI=1S/C25H32N2O6S/c1-4-32-22-9-11-23(12-10-22)34(30,31)27-15-13-20(14-16-27)25(29)33-17-24(28)26-21-7-5-19(6-8-21)18(2)3/h5-12,18,20H,4,13-17H2,1-3H3,(H,26,28). The summed E-state index contributed by atoms with van der Waals surface area (Å²) in [5, 5.41) is 2.71. The molecule has 2 aromatic rings. The van der Waals surface area contributed by atoms with Crippen LogP contribution in [0.15, 0.2) is 53.4 Å². The maximum absolute atomic E-state index is 12.9. The summed E-state index contributed by atoms with van der Waals surface area (Å²) in [6.45, 7) is 6.59. The van der Waals surface area contributed by atoms with E-state index in [1.54, 1.807) is 12.1 Å². The minimum atomic E-state index is -3.65. The van der Waals surface area contributed by atoms with Gasteiger partial charge in [0.2, 0.25) is 10.0 Å². The summed E-state index contributed by atoms with van der Waals surface area (Å²) < 4.78 is 37.7. The zero-order chi connectivity index (χ0) is 24.7. The van der Waals surface area contributed by atoms with Gasteiger partial charge in [0.25, 0.3) is 5.91 Å². The van der Waals surface area contributed by atoms with Crippen LogP contribution in [0, 0.1) is 5.92 Å². The molecule has 0 radical (unpaired) electrons. The summed E-state index contributed by atoms with van der Waals surface area (Å²) in [4.78, 5) is 24.7. The van der Waals surface area contributed by atoms with Crippen LogP contribution in [0.1, 0.15) is 45.1 Å². The lowest BCUT2D eigenvalue weighted by atomic mass is 9.98. The summed E-state index contributed by atoms with van der Waals surface area (Å²) in [5.41, 5.74) is 1.80. The first-order valence-corrected chi connectivity index (χ1v) is 12.9. The molecule has 1 N–H and O–H groups in total. The van der Waals surface area contributed by atoms with Gasteiger partial charge in [-0.05, 0) is 67.6 Å². The molecule has 3 rings (SSSR count). The van der Waals surface area contributed by atoms with Crippen molar-refractivity contribution in [2.75, 3.05) is 31.6 Å². The molecular weight excluding hydrogens is 456 g/mol. The second-order valence-electron chi connectivity index (χ2n) is 8.52. The number of nitrogens with zero attached hydrogens (tertiary/aromatic N) is 1. The Balaban J connectivity index is 1.46. The molecule has 1 aliphatic rings. The number of benzene rings is 2. The number of amides is 1. The van der Waals surface area contributed by atoms with Crippen LogP contribution in [0.2, 0.25) is 0 Å². The Hall–Kier alpha value is -2.91. The molecule has 1 saturated heterocycles. The molecule has 2 aromatic carbocycles. The van der Waals surface area contributed by atoms with Gasteiger partial charge in [0, 0.05) is 18.8 Å². The summed E-state index contributed by atoms with van der Waals surface area (Å²) in [6.07, 6.45) is 0.681. The molecule has 1 heterocycles. The molecule has 0 atom stereocenters. The molecular formula is C25H32N2O6S. The van der Waals surface area contributed by atoms with E-state index >= 15 is 0 Å². The van der Waals surface area contributed by atoms with Gasteiger partial charge in [-0.1, -0.05) is 26.0 Å². The average Bonchev–Trinajstić information content (AvgIpc) is 2.83. The fourth-order valence-corrected chi connectivity index (χ4v) is 5.23. The van der Waals surface area contributed by atoms with E-state index in [4.69, 9.17) is 9.47 Å². The Kier molecular flexibility index (Phi) is 8.68. The van der Waals surface area contributed by atoms with Gasteiger partial charge in [0.1, 0.15) is 5.75 Å². The molecule has 0 bridgehead atoms. The summed E-state index contributed by atoms with van der Waals surface area (Å²) in [6, 6.07) is 13.8. The fraction of sp³-hybridized carbons (Fsp3) is 0.440. The van der Waals surface area contributed by atoms with E-state index in [-0.39, 0.29) is 24.6 Å². The van der Waals surface area contributed by atoms with Crippen molar-refractivity contribution in [2.45, 2.75) is 44.4 Å². The summed E-state index contributed by atoms with van der Waals surface area (Å²) >= 11 is 0. The van der Waals surface area contributed by atoms with Crippen LogP contribution < -0.4 is 10.1 Å². The van der Waals surface area contributed by atoms with Crippen molar-refractivity contribution < 1.29 is 27.5 Å². The molecule has 8 nitrogen and oxygen atoms in total. The molecule has 9 heteroatoms. The Morgan fingerprint density at radius 2 is 1.65 bits per heavy atom. The molecule has 0 aromatic heterocycles. The monoisotopic (exact) mass is 488 g/mol. The van der Waals surface area contributed by atoms with Crippen LogP contribution in [0.5, 0.6) is 5.75 Å². The molecule has 0 saturated carbocycles. The maximum Gasteiger partial charge on any atom is 0.309 e. The third-order valence-corrected chi connectivity index (χ3v) is 7.68. The zero-order valence-electron chi connectivity index (χ0n) is 19.8. The Morgan fingerprint density at radius 1 is 1.03 bits per heavy atom. The topological polar surface area (TPSA) is 102 Å². The first-order chi connectivity index (χ1) is 16.2. The predicted molar refractivity (Wildman–Crippen MR) is 129 cm³/mol. The van der Waals surface area contributed by atoms with E-state index < -0.39 is 27.8 Å². The molecule has 0 aliphatic carbocycles. The molecule has 0 unspecified atom stereocenters. The van der Waals surface area contributed by atoms with Gasteiger partial charge in [0.05, 0.1) is 17.4 Å². The Morgan fingerprint density at radius 3 is 2.21 bits per heavy atom. The van der Waals surface area contributed by atoms with Gasteiger partial charge in [-0.2, -0.15) is 4.31 Å². The number of carbonyl (C=O) groups excluding carboxylic acids is 2. The number of esters is 1. The van der Waals surface area contributed by atoms with E-state index in [0.717, 1.165) is 0 Å². The number of anilines is 1. The van der Waals surface area contributed by atoms with Crippen molar-refractivity contribution in [2.24, 2.45) is 5.92 Å². The number of hydrogen-bond acceptors (Lipinski definition) is 6. The van der Waals surface area contributed by atoms with Crippen LogP contribution in [0.25, 0.3) is 0 Å². The molecule has 184 valence electrons. The van der Waals surface area contributed by atoms with Gasteiger partial charge in [-0.3, -0.25) is 9.59 Å². The molecule has 1 amide bonds. The highest BCUT2D eigenvalue weighted by atomic mass is 32.2. The zero-order valence-corrected chi connectivity index (χ0v) is 20.6. The van der Waals surface area contributed by atoms with Gasteiger partial charge in [0.15, 0.2) is 6.61 Å². The van der Waals surface area contributed by atoms with Gasteiger partial charge < -0.3 is 14.8 Å². The van der Waals surface area contributed by atoms with Crippen molar-refractivity contribution in [3.63, 3.8) is 0 Å². The number of ether oxygens (including phenoxy) is 2. The second-order valence-corrected chi connectivity index (χ2v) is 10.5. The maximum atomic E-state index is 12.9. The minimum Gasteiger partial charge on any atom is -0.494 e. The van der Waals surface area contributed by atoms with Crippen LogP contribution >= 0.6 is 0 Å². The minimum absolute atomic E-state index is 0.190. The van der Waals surface area contributed by atoms with Crippen molar-refractivity contribution in [1.82, 2.24) is 4.31 Å². The van der Waals surface area contributed by atoms with Crippen molar-refractivity contribution >= 4 is 27.6 Å². The number of nitrogens with one attached hydrogen (secondary N) is 1. The average molecular weight is 489 g/mol. The highest BCUT2D eigenvalue weighted by molar-refractivity contribution is 7.89. The highest BCUT2D eigenvalue weighted by Crippen LogP contribution is 2.26. The van der Waals surface area contributed by atoms with Crippen molar-refractivity contribution in [1.29, 1.82) is 0 Å². The normalized spacial score (nSPS) is 15.2. The largest absolute Gasteiger partial charge is 0.494 e. The first kappa shape index (κ1) is 25.7. The van der Waals surface area contributed by atoms with Crippen LogP contribution in [0.3, 0.4) is 0 Å². The smallest absolute Gasteiger partial charge is 0.309 e. The number of carbonyl (C=O) groups is 2. The van der Waals surface area contributed by atoms with Crippen LogP contribution in [0.4, 0.5) is 5.69 Å². The fourth-order valence-electron chi connectivity index (χ4n) is 3.76. The van der Waals surface area contributed by atoms with Gasteiger partial charge in [-0.15, -0.1) is 0 Å². The van der Waals surface area contributed by atoms with Gasteiger partial charge >= 0.3 is 5.97 Å². The van der Waals surface area contributed by atoms with E-state index in [0.29, 0.717) is 36.8 Å². The second kappa shape index (κ2) is 11.5. The van der Waals surface area contributed by atoms with Crippen LogP contribution in [-0.2, 0) is 24.3 Å². The number of sulfonamides is 1. The van der Waals surface area contributed by atoms with Crippen LogP contribution in [-0.4, -0.2) is 50.9 Å². The van der Waals surface area contributed by atoms with E-state index in [9.17, 15) is 18.0 Å². The predicted octanol–water partition coefficient (Wildman–Crippen LogP) is 3.79. The quantitative estimate of drug-likeness (QED) is 0.539. The van der Waals surface area contributed by atoms with E-state index in [1.807, 2.05) is 31.2 Å². The van der Waals surface area contributed by atoms with Crippen molar-refractivity contribution in [3.8, 4) is 5.75 Å². The Bertz CT molecular complexity index is 1070. The number of hydrogen-bond donors (Lipinski definition) is 1. The lowest BCUT2D eigenvalue weighted by Gasteiger charge is -2.30. The third-order valence-electron chi connectivity index (χ3n) is 5.77. The SMILES string of the molecule is CCOc1ccc(S(=O)(=O)N2CCC(C(=O)OCC(=O)Nc3ccc(C(C)C)cc3)CC2)cc1. The lowest BCUT2D eigenvalue weighted by Crippen LogP contribution is -2.40. The first-order valence-electron chi connectivity index (χ1n) is 11.5. The molecule has 1 aliphatic heterocycles. The van der Waals surface area contributed by atoms with E-state index in [1.165, 1.54) is 22.0 Å². The summed E-state index contributed by atoms with van der Waals surface area (Å²) in [5.74, 6) is -0.331. The molecule has 0 spiro atoms. The Labute approximate surface area is 201 Å². The van der Waals surface area contributed by atoms with Gasteiger partial charge in [-0.25, -0.2) is 8.42 Å². The molecule has 34 heavy (non-hydrogen) atoms. The van der Waals surface area contributed by atoms with Crippen molar-refractivity contribution in [3.05, 3.63) is 54.1 Å². The highest BCUT2D eigenvalue weighted by Gasteiger charge is 2.33. The third kappa shape index (κ3) is 6.57. The van der Waals surface area contributed by atoms with E-state index in [2.05, 4.69) is 19.2 Å². The number of piperidine rings is 1. The lowest BCUT2D eigenvalue weighted by molar-refractivity contribution is -0.152. The molecule has 1 fully saturated rings.